The lowest BCUT2D eigenvalue weighted by molar-refractivity contribution is 0.415. The van der Waals surface area contributed by atoms with Gasteiger partial charge in [-0.25, -0.2) is 0 Å². The van der Waals surface area contributed by atoms with Gasteiger partial charge in [0, 0.05) is 11.6 Å². The highest BCUT2D eigenvalue weighted by Gasteiger charge is 2.37. The molecule has 0 aliphatic rings. The normalized spacial score (nSPS) is 13.0. The van der Waals surface area contributed by atoms with E-state index >= 15 is 0 Å². The maximum absolute atomic E-state index is 5.35. The fourth-order valence-corrected chi connectivity index (χ4v) is 4.05. The minimum Gasteiger partial charge on any atom is -0.497 e. The van der Waals surface area contributed by atoms with Crippen molar-refractivity contribution in [2.45, 2.75) is 38.9 Å². The highest BCUT2D eigenvalue weighted by Crippen LogP contribution is 2.39. The van der Waals surface area contributed by atoms with Gasteiger partial charge in [-0.05, 0) is 34.8 Å². The van der Waals surface area contributed by atoms with Gasteiger partial charge in [0.15, 0.2) is 8.24 Å². The SMILES string of the molecule is COc1ccc2ccn([Si](C)(C)C(C)(C)C)c2c1. The number of fused-ring (bicyclic) bond motifs is 1. The van der Waals surface area contributed by atoms with Crippen molar-refractivity contribution in [1.29, 1.82) is 0 Å². The summed E-state index contributed by atoms with van der Waals surface area (Å²) in [5.41, 5.74) is 1.29. The van der Waals surface area contributed by atoms with Crippen LogP contribution in [0.25, 0.3) is 10.9 Å². The molecular weight excluding hydrogens is 238 g/mol. The Labute approximate surface area is 111 Å². The maximum Gasteiger partial charge on any atom is 0.161 e. The van der Waals surface area contributed by atoms with E-state index in [1.165, 1.54) is 10.9 Å². The molecule has 0 saturated heterocycles. The molecule has 1 aromatic carbocycles. The smallest absolute Gasteiger partial charge is 0.161 e. The third kappa shape index (κ3) is 1.97. The second kappa shape index (κ2) is 4.16. The minimum atomic E-state index is -1.57. The quantitative estimate of drug-likeness (QED) is 0.726. The lowest BCUT2D eigenvalue weighted by Gasteiger charge is -2.38. The van der Waals surface area contributed by atoms with Gasteiger partial charge >= 0.3 is 0 Å². The van der Waals surface area contributed by atoms with E-state index in [-0.39, 0.29) is 0 Å². The molecule has 0 spiro atoms. The molecular formula is C15H23NOSi. The molecule has 1 aromatic heterocycles. The van der Waals surface area contributed by atoms with Gasteiger partial charge in [0.05, 0.1) is 7.11 Å². The summed E-state index contributed by atoms with van der Waals surface area (Å²) in [5.74, 6) is 0.932. The van der Waals surface area contributed by atoms with Crippen LogP contribution in [-0.2, 0) is 0 Å². The Morgan fingerprint density at radius 2 is 1.78 bits per heavy atom. The molecule has 2 aromatic rings. The van der Waals surface area contributed by atoms with Gasteiger partial charge in [-0.2, -0.15) is 0 Å². The van der Waals surface area contributed by atoms with E-state index < -0.39 is 8.24 Å². The number of hydrogen-bond acceptors (Lipinski definition) is 1. The van der Waals surface area contributed by atoms with Crippen molar-refractivity contribution in [3.05, 3.63) is 30.5 Å². The number of aromatic nitrogens is 1. The average Bonchev–Trinajstić information content (AvgIpc) is 2.70. The molecule has 0 radical (unpaired) electrons. The maximum atomic E-state index is 5.35. The lowest BCUT2D eigenvalue weighted by Crippen LogP contribution is -2.44. The number of hydrogen-bond donors (Lipinski definition) is 0. The standard InChI is InChI=1S/C15H23NOSi/c1-15(2,3)18(5,6)16-10-9-12-7-8-13(17-4)11-14(12)16/h7-11H,1-6H3. The molecule has 0 N–H and O–H groups in total. The minimum absolute atomic E-state index is 0.321. The van der Waals surface area contributed by atoms with Crippen LogP contribution >= 0.6 is 0 Å². The third-order valence-corrected chi connectivity index (χ3v) is 9.60. The first-order valence-corrected chi connectivity index (χ1v) is 9.38. The monoisotopic (exact) mass is 261 g/mol. The fraction of sp³-hybridized carbons (Fsp3) is 0.467. The van der Waals surface area contributed by atoms with E-state index in [4.69, 9.17) is 4.74 Å². The van der Waals surface area contributed by atoms with Gasteiger partial charge in [0.1, 0.15) is 5.75 Å². The topological polar surface area (TPSA) is 14.2 Å². The van der Waals surface area contributed by atoms with Crippen LogP contribution in [0.3, 0.4) is 0 Å². The first-order chi connectivity index (χ1) is 8.27. The van der Waals surface area contributed by atoms with Crippen LogP contribution in [0.1, 0.15) is 20.8 Å². The molecule has 98 valence electrons. The van der Waals surface area contributed by atoms with Gasteiger partial charge in [0.25, 0.3) is 0 Å². The summed E-state index contributed by atoms with van der Waals surface area (Å²) in [6, 6.07) is 8.52. The van der Waals surface area contributed by atoms with Crippen LogP contribution < -0.4 is 4.74 Å². The van der Waals surface area contributed by atoms with Crippen molar-refractivity contribution in [1.82, 2.24) is 4.23 Å². The highest BCUT2D eigenvalue weighted by atomic mass is 28.3. The molecule has 2 rings (SSSR count). The molecule has 18 heavy (non-hydrogen) atoms. The Hall–Kier alpha value is -1.22. The van der Waals surface area contributed by atoms with Crippen molar-refractivity contribution >= 4 is 19.1 Å². The van der Waals surface area contributed by atoms with Gasteiger partial charge in [-0.3, -0.25) is 0 Å². The molecule has 2 nitrogen and oxygen atoms in total. The molecule has 0 amide bonds. The molecule has 0 unspecified atom stereocenters. The Bertz CT molecular complexity index is 563. The Kier molecular flexibility index (Phi) is 3.05. The molecule has 0 saturated carbocycles. The second-order valence-corrected chi connectivity index (χ2v) is 11.5. The first kappa shape index (κ1) is 13.2. The zero-order chi connectivity index (χ0) is 13.6. The van der Waals surface area contributed by atoms with Gasteiger partial charge in [0.2, 0.25) is 0 Å². The van der Waals surface area contributed by atoms with Crippen molar-refractivity contribution in [3.8, 4) is 5.75 Å². The zero-order valence-corrected chi connectivity index (χ0v) is 13.2. The van der Waals surface area contributed by atoms with Crippen LogP contribution in [0, 0.1) is 0 Å². The summed E-state index contributed by atoms with van der Waals surface area (Å²) >= 11 is 0. The van der Waals surface area contributed by atoms with E-state index in [1.807, 2.05) is 6.07 Å². The van der Waals surface area contributed by atoms with Crippen molar-refractivity contribution < 1.29 is 4.74 Å². The number of methoxy groups -OCH3 is 1. The van der Waals surface area contributed by atoms with E-state index in [2.05, 4.69) is 62.5 Å². The number of benzene rings is 1. The van der Waals surface area contributed by atoms with Gasteiger partial charge < -0.3 is 8.97 Å². The van der Waals surface area contributed by atoms with Crippen LogP contribution in [0.4, 0.5) is 0 Å². The zero-order valence-electron chi connectivity index (χ0n) is 12.2. The van der Waals surface area contributed by atoms with E-state index in [1.54, 1.807) is 7.11 Å². The summed E-state index contributed by atoms with van der Waals surface area (Å²) in [4.78, 5) is 0. The summed E-state index contributed by atoms with van der Waals surface area (Å²) in [5, 5.41) is 1.61. The summed E-state index contributed by atoms with van der Waals surface area (Å²) < 4.78 is 7.84. The summed E-state index contributed by atoms with van der Waals surface area (Å²) in [7, 11) is 0.155. The lowest BCUT2D eigenvalue weighted by atomic mass is 10.2. The molecule has 0 bridgehead atoms. The molecule has 0 aliphatic carbocycles. The van der Waals surface area contributed by atoms with Crippen LogP contribution in [0.5, 0.6) is 5.75 Å². The highest BCUT2D eigenvalue weighted by molar-refractivity contribution is 6.79. The Balaban J connectivity index is 2.65. The van der Waals surface area contributed by atoms with Gasteiger partial charge in [-0.1, -0.05) is 33.9 Å². The molecule has 0 atom stereocenters. The van der Waals surface area contributed by atoms with E-state index in [0.29, 0.717) is 5.04 Å². The van der Waals surface area contributed by atoms with Crippen molar-refractivity contribution in [2.24, 2.45) is 0 Å². The van der Waals surface area contributed by atoms with Crippen molar-refractivity contribution in [3.63, 3.8) is 0 Å². The molecule has 1 heterocycles. The Morgan fingerprint density at radius 3 is 2.33 bits per heavy atom. The number of ether oxygens (including phenoxy) is 1. The number of rotatable bonds is 2. The van der Waals surface area contributed by atoms with E-state index in [0.717, 1.165) is 5.75 Å². The fourth-order valence-electron chi connectivity index (χ4n) is 2.08. The van der Waals surface area contributed by atoms with Crippen LogP contribution in [0.2, 0.25) is 18.1 Å². The van der Waals surface area contributed by atoms with Crippen LogP contribution in [-0.4, -0.2) is 19.6 Å². The molecule has 0 fully saturated rings. The van der Waals surface area contributed by atoms with Gasteiger partial charge in [-0.15, -0.1) is 0 Å². The summed E-state index contributed by atoms with van der Waals surface area (Å²) in [6.45, 7) is 11.9. The predicted molar refractivity (Wildman–Crippen MR) is 81.1 cm³/mol. The molecule has 3 heteroatoms. The van der Waals surface area contributed by atoms with Crippen molar-refractivity contribution in [2.75, 3.05) is 7.11 Å². The first-order valence-electron chi connectivity index (χ1n) is 6.43. The Morgan fingerprint density at radius 1 is 1.11 bits per heavy atom. The largest absolute Gasteiger partial charge is 0.497 e. The third-order valence-electron chi connectivity index (χ3n) is 4.34. The summed E-state index contributed by atoms with van der Waals surface area (Å²) in [6.07, 6.45) is 2.24. The average molecular weight is 261 g/mol. The molecule has 0 aliphatic heterocycles. The predicted octanol–water partition coefficient (Wildman–Crippen LogP) is 4.50. The van der Waals surface area contributed by atoms with E-state index in [9.17, 15) is 0 Å². The van der Waals surface area contributed by atoms with Crippen LogP contribution in [0.15, 0.2) is 30.5 Å². The number of nitrogens with zero attached hydrogens (tertiary/aromatic N) is 1. The second-order valence-electron chi connectivity index (χ2n) is 6.42.